The quantitative estimate of drug-likeness (QED) is 0.181. The van der Waals surface area contributed by atoms with Gasteiger partial charge in [0.15, 0.2) is 0 Å². The van der Waals surface area contributed by atoms with Crippen LogP contribution < -0.4 is 16.4 Å². The van der Waals surface area contributed by atoms with E-state index < -0.39 is 27.6 Å². The van der Waals surface area contributed by atoms with Gasteiger partial charge >= 0.3 is 5.97 Å². The lowest BCUT2D eigenvalue weighted by Gasteiger charge is -2.12. The number of benzene rings is 3. The first-order valence-electron chi connectivity index (χ1n) is 10.3. The molecule has 0 aliphatic rings. The molecular formula is C23H19N5O8. The molecule has 0 aliphatic carbocycles. The Hall–Kier alpha value is -5.33. The molecule has 3 rings (SSSR count). The number of ether oxygens (including phenoxy) is 1. The number of esters is 1. The third-order valence-electron chi connectivity index (χ3n) is 4.69. The van der Waals surface area contributed by atoms with E-state index in [1.807, 2.05) is 0 Å². The number of nitro benzene ring substituents is 2. The summed E-state index contributed by atoms with van der Waals surface area (Å²) >= 11 is 0. The SMILES string of the molecule is CCOC(=O)c1cc(NC(=O)c2cccc([N+](=O)[O-])c2)cc(NC(=O)c2cc(N)cc([N+](=O)[O-])c2)c1. The average molecular weight is 493 g/mol. The zero-order chi connectivity index (χ0) is 26.4. The van der Waals surface area contributed by atoms with Gasteiger partial charge in [-0.15, -0.1) is 0 Å². The maximum atomic E-state index is 12.7. The predicted molar refractivity (Wildman–Crippen MR) is 129 cm³/mol. The van der Waals surface area contributed by atoms with Crippen molar-refractivity contribution in [3.05, 3.63) is 97.6 Å². The van der Waals surface area contributed by atoms with Gasteiger partial charge in [0.05, 0.1) is 22.0 Å². The van der Waals surface area contributed by atoms with Gasteiger partial charge in [0.2, 0.25) is 0 Å². The highest BCUT2D eigenvalue weighted by molar-refractivity contribution is 6.08. The molecule has 3 aromatic carbocycles. The number of anilines is 3. The van der Waals surface area contributed by atoms with Gasteiger partial charge < -0.3 is 21.1 Å². The molecule has 0 saturated heterocycles. The molecule has 184 valence electrons. The number of nitrogen functional groups attached to an aromatic ring is 1. The van der Waals surface area contributed by atoms with Crippen molar-refractivity contribution in [1.29, 1.82) is 0 Å². The molecule has 2 amide bonds. The van der Waals surface area contributed by atoms with Crippen LogP contribution in [0.25, 0.3) is 0 Å². The van der Waals surface area contributed by atoms with Crippen molar-refractivity contribution in [3.8, 4) is 0 Å². The minimum absolute atomic E-state index is 0.000434. The van der Waals surface area contributed by atoms with Crippen molar-refractivity contribution < 1.29 is 29.0 Å². The number of amides is 2. The number of nitrogens with two attached hydrogens (primary N) is 1. The number of non-ortho nitro benzene ring substituents is 2. The van der Waals surface area contributed by atoms with Crippen molar-refractivity contribution in [2.24, 2.45) is 0 Å². The minimum atomic E-state index is -0.762. The second-order valence-corrected chi connectivity index (χ2v) is 7.31. The molecule has 0 spiro atoms. The maximum absolute atomic E-state index is 12.7. The second kappa shape index (κ2) is 10.7. The van der Waals surface area contributed by atoms with Crippen LogP contribution in [0.15, 0.2) is 60.7 Å². The third-order valence-corrected chi connectivity index (χ3v) is 4.69. The summed E-state index contributed by atoms with van der Waals surface area (Å²) in [6.45, 7) is 1.67. The number of carbonyl (C=O) groups is 3. The van der Waals surface area contributed by atoms with E-state index in [1.54, 1.807) is 6.92 Å². The largest absolute Gasteiger partial charge is 0.462 e. The molecule has 0 aliphatic heterocycles. The van der Waals surface area contributed by atoms with Gasteiger partial charge in [-0.3, -0.25) is 29.8 Å². The van der Waals surface area contributed by atoms with Crippen molar-refractivity contribution >= 4 is 46.2 Å². The Morgan fingerprint density at radius 1 is 0.806 bits per heavy atom. The first kappa shape index (κ1) is 25.3. The zero-order valence-corrected chi connectivity index (χ0v) is 18.7. The van der Waals surface area contributed by atoms with E-state index >= 15 is 0 Å². The molecule has 13 nitrogen and oxygen atoms in total. The summed E-state index contributed by atoms with van der Waals surface area (Å²) < 4.78 is 4.99. The van der Waals surface area contributed by atoms with Crippen LogP contribution in [0.2, 0.25) is 0 Å². The summed E-state index contributed by atoms with van der Waals surface area (Å²) in [4.78, 5) is 58.5. The Balaban J connectivity index is 1.93. The molecule has 0 aromatic heterocycles. The fraction of sp³-hybridized carbons (Fsp3) is 0.0870. The van der Waals surface area contributed by atoms with Crippen LogP contribution in [0, 0.1) is 20.2 Å². The van der Waals surface area contributed by atoms with Gasteiger partial charge in [-0.2, -0.15) is 0 Å². The number of nitrogens with one attached hydrogen (secondary N) is 2. The molecule has 0 unspecified atom stereocenters. The lowest BCUT2D eigenvalue weighted by molar-refractivity contribution is -0.385. The van der Waals surface area contributed by atoms with Gasteiger partial charge in [0, 0.05) is 52.5 Å². The summed E-state index contributed by atoms with van der Waals surface area (Å²) in [6.07, 6.45) is 0. The Bertz CT molecular complexity index is 1390. The second-order valence-electron chi connectivity index (χ2n) is 7.31. The van der Waals surface area contributed by atoms with Crippen LogP contribution >= 0.6 is 0 Å². The Labute approximate surface area is 203 Å². The monoisotopic (exact) mass is 493 g/mol. The average Bonchev–Trinajstić information content (AvgIpc) is 2.83. The molecular weight excluding hydrogens is 474 g/mol. The molecule has 36 heavy (non-hydrogen) atoms. The Morgan fingerprint density at radius 3 is 1.97 bits per heavy atom. The van der Waals surface area contributed by atoms with E-state index in [0.29, 0.717) is 0 Å². The molecule has 4 N–H and O–H groups in total. The smallest absolute Gasteiger partial charge is 0.338 e. The number of rotatable bonds is 8. The van der Waals surface area contributed by atoms with E-state index in [4.69, 9.17) is 10.5 Å². The van der Waals surface area contributed by atoms with Gasteiger partial charge in [0.1, 0.15) is 0 Å². The van der Waals surface area contributed by atoms with Crippen LogP contribution in [0.5, 0.6) is 0 Å². The molecule has 0 atom stereocenters. The van der Waals surface area contributed by atoms with Crippen molar-refractivity contribution in [1.82, 2.24) is 0 Å². The highest BCUT2D eigenvalue weighted by atomic mass is 16.6. The summed E-state index contributed by atoms with van der Waals surface area (Å²) in [5.74, 6) is -2.20. The Kier molecular flexibility index (Phi) is 7.54. The predicted octanol–water partition coefficient (Wildman–Crippen LogP) is 3.77. The molecule has 3 aromatic rings. The lowest BCUT2D eigenvalue weighted by atomic mass is 10.1. The number of nitro groups is 2. The number of carbonyl (C=O) groups excluding carboxylic acids is 3. The number of nitrogens with zero attached hydrogens (tertiary/aromatic N) is 2. The third kappa shape index (κ3) is 6.17. The standard InChI is InChI=1S/C23H19N5O8/c1-2-36-23(31)15-7-17(25-21(29)13-4-3-5-19(9-13)27(32)33)12-18(8-15)26-22(30)14-6-16(24)11-20(10-14)28(34)35/h3-12H,2,24H2,1H3,(H,25,29)(H,26,30). The highest BCUT2D eigenvalue weighted by Crippen LogP contribution is 2.24. The van der Waals surface area contributed by atoms with E-state index in [1.165, 1.54) is 42.5 Å². The molecule has 0 bridgehead atoms. The maximum Gasteiger partial charge on any atom is 0.338 e. The van der Waals surface area contributed by atoms with Crippen LogP contribution in [0.1, 0.15) is 38.0 Å². The highest BCUT2D eigenvalue weighted by Gasteiger charge is 2.18. The van der Waals surface area contributed by atoms with E-state index in [0.717, 1.165) is 18.2 Å². The van der Waals surface area contributed by atoms with Crippen molar-refractivity contribution in [2.45, 2.75) is 6.92 Å². The minimum Gasteiger partial charge on any atom is -0.462 e. The fourth-order valence-corrected chi connectivity index (χ4v) is 3.14. The van der Waals surface area contributed by atoms with Crippen LogP contribution in [0.4, 0.5) is 28.4 Å². The summed E-state index contributed by atoms with van der Waals surface area (Å²) in [5.41, 5.74) is 4.99. The molecule has 0 heterocycles. The van der Waals surface area contributed by atoms with Gasteiger partial charge in [0.25, 0.3) is 23.2 Å². The van der Waals surface area contributed by atoms with Gasteiger partial charge in [-0.25, -0.2) is 4.79 Å². The molecule has 0 fully saturated rings. The molecule has 0 saturated carbocycles. The topological polar surface area (TPSA) is 197 Å². The van der Waals surface area contributed by atoms with Gasteiger partial charge in [-0.1, -0.05) is 6.07 Å². The van der Waals surface area contributed by atoms with Gasteiger partial charge in [-0.05, 0) is 37.3 Å². The summed E-state index contributed by atoms with van der Waals surface area (Å²) in [7, 11) is 0. The molecule has 13 heteroatoms. The van der Waals surface area contributed by atoms with E-state index in [2.05, 4.69) is 10.6 Å². The van der Waals surface area contributed by atoms with E-state index in [-0.39, 0.29) is 51.7 Å². The van der Waals surface area contributed by atoms with Crippen molar-refractivity contribution in [3.63, 3.8) is 0 Å². The van der Waals surface area contributed by atoms with E-state index in [9.17, 15) is 34.6 Å². The number of hydrogen-bond acceptors (Lipinski definition) is 9. The normalized spacial score (nSPS) is 10.2. The van der Waals surface area contributed by atoms with Crippen LogP contribution in [-0.4, -0.2) is 34.2 Å². The fourth-order valence-electron chi connectivity index (χ4n) is 3.14. The Morgan fingerprint density at radius 2 is 1.39 bits per heavy atom. The first-order chi connectivity index (χ1) is 17.1. The molecule has 0 radical (unpaired) electrons. The number of hydrogen-bond donors (Lipinski definition) is 3. The summed E-state index contributed by atoms with van der Waals surface area (Å²) in [6, 6.07) is 12.3. The zero-order valence-electron chi connectivity index (χ0n) is 18.7. The van der Waals surface area contributed by atoms with Crippen molar-refractivity contribution in [2.75, 3.05) is 23.0 Å². The first-order valence-corrected chi connectivity index (χ1v) is 10.3. The lowest BCUT2D eigenvalue weighted by Crippen LogP contribution is -2.16. The van der Waals surface area contributed by atoms with Crippen LogP contribution in [-0.2, 0) is 4.74 Å². The van der Waals surface area contributed by atoms with Crippen LogP contribution in [0.3, 0.4) is 0 Å². The summed E-state index contributed by atoms with van der Waals surface area (Å²) in [5, 5.41) is 27.1.